The number of benzene rings is 1. The predicted molar refractivity (Wildman–Crippen MR) is 77.1 cm³/mol. The normalized spacial score (nSPS) is 16.4. The monoisotopic (exact) mass is 282 g/mol. The summed E-state index contributed by atoms with van der Waals surface area (Å²) in [5.41, 5.74) is 3.35. The van der Waals surface area contributed by atoms with E-state index in [4.69, 9.17) is 17.4 Å². The number of hydrogen-bond donors (Lipinski definition) is 2. The number of rotatable bonds is 4. The van der Waals surface area contributed by atoms with Crippen LogP contribution in [0.15, 0.2) is 24.3 Å². The van der Waals surface area contributed by atoms with Gasteiger partial charge in [0.05, 0.1) is 0 Å². The molecule has 1 saturated heterocycles. The molecule has 0 aliphatic carbocycles. The fraction of sp³-hybridized carbons (Fsp3) is 0.462. The van der Waals surface area contributed by atoms with Crippen LogP contribution in [0.3, 0.4) is 0 Å². The second-order valence-corrected chi connectivity index (χ2v) is 5.06. The van der Waals surface area contributed by atoms with Crippen LogP contribution >= 0.6 is 11.6 Å². The molecular formula is C13H19ClN4O. The van der Waals surface area contributed by atoms with E-state index in [9.17, 15) is 4.79 Å². The number of amides is 1. The van der Waals surface area contributed by atoms with Crippen molar-refractivity contribution in [3.05, 3.63) is 29.3 Å². The average molecular weight is 283 g/mol. The molecule has 0 spiro atoms. The highest BCUT2D eigenvalue weighted by Gasteiger charge is 2.17. The number of piperazine rings is 1. The van der Waals surface area contributed by atoms with Crippen molar-refractivity contribution in [1.82, 2.24) is 10.3 Å². The highest BCUT2D eigenvalue weighted by Crippen LogP contribution is 2.19. The molecule has 2 rings (SSSR count). The largest absolute Gasteiger partial charge is 0.369 e. The summed E-state index contributed by atoms with van der Waals surface area (Å²) in [6, 6.07) is 7.91. The first-order valence-electron chi connectivity index (χ1n) is 6.41. The standard InChI is InChI=1S/C13H19ClN4O/c14-11-1-3-12(4-2-11)18-9-7-17(8-10-18)6-5-13(19)16-15/h1-4H,5-10,15H2,(H,16,19). The zero-order valence-electron chi connectivity index (χ0n) is 10.8. The van der Waals surface area contributed by atoms with Gasteiger partial charge in [0.2, 0.25) is 5.91 Å². The molecule has 1 fully saturated rings. The molecule has 3 N–H and O–H groups in total. The summed E-state index contributed by atoms with van der Waals surface area (Å²) in [5, 5.41) is 0.759. The molecule has 1 aromatic rings. The van der Waals surface area contributed by atoms with E-state index in [2.05, 4.69) is 15.2 Å². The van der Waals surface area contributed by atoms with Gasteiger partial charge in [-0.15, -0.1) is 0 Å². The van der Waals surface area contributed by atoms with Crippen LogP contribution in [0.25, 0.3) is 0 Å². The molecule has 1 heterocycles. The quantitative estimate of drug-likeness (QED) is 0.488. The van der Waals surface area contributed by atoms with Crippen LogP contribution in [-0.4, -0.2) is 43.5 Å². The van der Waals surface area contributed by atoms with Crippen molar-refractivity contribution in [2.75, 3.05) is 37.6 Å². The summed E-state index contributed by atoms with van der Waals surface area (Å²) < 4.78 is 0. The SMILES string of the molecule is NNC(=O)CCN1CCN(c2ccc(Cl)cc2)CC1. The Morgan fingerprint density at radius 2 is 1.84 bits per heavy atom. The lowest BCUT2D eigenvalue weighted by Crippen LogP contribution is -2.47. The number of carbonyl (C=O) groups excluding carboxylic acids is 1. The van der Waals surface area contributed by atoms with Crippen molar-refractivity contribution < 1.29 is 4.79 Å². The van der Waals surface area contributed by atoms with Gasteiger partial charge < -0.3 is 4.90 Å². The van der Waals surface area contributed by atoms with Crippen LogP contribution in [0.4, 0.5) is 5.69 Å². The third-order valence-corrected chi connectivity index (χ3v) is 3.63. The summed E-state index contributed by atoms with van der Waals surface area (Å²) >= 11 is 5.88. The van der Waals surface area contributed by atoms with Crippen LogP contribution in [-0.2, 0) is 4.79 Å². The van der Waals surface area contributed by atoms with Gasteiger partial charge in [0.1, 0.15) is 0 Å². The number of nitrogens with two attached hydrogens (primary N) is 1. The third-order valence-electron chi connectivity index (χ3n) is 3.38. The Morgan fingerprint density at radius 3 is 2.42 bits per heavy atom. The average Bonchev–Trinajstić information content (AvgIpc) is 2.46. The Bertz CT molecular complexity index is 415. The Balaban J connectivity index is 1.79. The van der Waals surface area contributed by atoms with Gasteiger partial charge in [-0.3, -0.25) is 15.1 Å². The predicted octanol–water partition coefficient (Wildman–Crippen LogP) is 0.842. The van der Waals surface area contributed by atoms with Crippen LogP contribution in [0.2, 0.25) is 5.02 Å². The smallest absolute Gasteiger partial charge is 0.235 e. The molecule has 6 heteroatoms. The van der Waals surface area contributed by atoms with Crippen molar-refractivity contribution >= 4 is 23.2 Å². The van der Waals surface area contributed by atoms with Crippen molar-refractivity contribution in [3.8, 4) is 0 Å². The highest BCUT2D eigenvalue weighted by molar-refractivity contribution is 6.30. The van der Waals surface area contributed by atoms with Crippen LogP contribution in [0.1, 0.15) is 6.42 Å². The summed E-state index contributed by atoms with van der Waals surface area (Å²) in [4.78, 5) is 15.7. The second-order valence-electron chi connectivity index (χ2n) is 4.62. The van der Waals surface area contributed by atoms with Gasteiger partial charge in [-0.25, -0.2) is 5.84 Å². The van der Waals surface area contributed by atoms with Crippen molar-refractivity contribution in [2.24, 2.45) is 5.84 Å². The highest BCUT2D eigenvalue weighted by atomic mass is 35.5. The lowest BCUT2D eigenvalue weighted by molar-refractivity contribution is -0.121. The van der Waals surface area contributed by atoms with Crippen molar-refractivity contribution in [1.29, 1.82) is 0 Å². The van der Waals surface area contributed by atoms with Gasteiger partial charge in [0, 0.05) is 49.9 Å². The third kappa shape index (κ3) is 4.09. The van der Waals surface area contributed by atoms with E-state index in [0.29, 0.717) is 6.42 Å². The van der Waals surface area contributed by atoms with Crippen LogP contribution in [0.5, 0.6) is 0 Å². The van der Waals surface area contributed by atoms with E-state index >= 15 is 0 Å². The molecule has 0 bridgehead atoms. The van der Waals surface area contributed by atoms with E-state index in [-0.39, 0.29) is 5.91 Å². The zero-order chi connectivity index (χ0) is 13.7. The molecule has 19 heavy (non-hydrogen) atoms. The maximum absolute atomic E-state index is 11.1. The lowest BCUT2D eigenvalue weighted by Gasteiger charge is -2.36. The number of carbonyl (C=O) groups is 1. The Morgan fingerprint density at radius 1 is 1.21 bits per heavy atom. The minimum absolute atomic E-state index is 0.111. The van der Waals surface area contributed by atoms with Gasteiger partial charge >= 0.3 is 0 Å². The molecule has 0 radical (unpaired) electrons. The Hall–Kier alpha value is -1.30. The van der Waals surface area contributed by atoms with E-state index < -0.39 is 0 Å². The number of halogens is 1. The molecule has 1 aliphatic heterocycles. The molecule has 0 saturated carbocycles. The molecule has 0 atom stereocenters. The number of hydrazine groups is 1. The summed E-state index contributed by atoms with van der Waals surface area (Å²) in [7, 11) is 0. The van der Waals surface area contributed by atoms with Gasteiger partial charge in [0.25, 0.3) is 0 Å². The second kappa shape index (κ2) is 6.75. The topological polar surface area (TPSA) is 61.6 Å². The van der Waals surface area contributed by atoms with E-state index in [1.165, 1.54) is 5.69 Å². The first-order valence-corrected chi connectivity index (χ1v) is 6.79. The minimum Gasteiger partial charge on any atom is -0.369 e. The maximum Gasteiger partial charge on any atom is 0.235 e. The van der Waals surface area contributed by atoms with E-state index in [1.807, 2.05) is 24.3 Å². The Kier molecular flexibility index (Phi) is 5.01. The fourth-order valence-corrected chi connectivity index (χ4v) is 2.34. The number of anilines is 1. The molecule has 1 aliphatic rings. The molecule has 104 valence electrons. The molecular weight excluding hydrogens is 264 g/mol. The Labute approximate surface area is 118 Å². The number of hydrogen-bond acceptors (Lipinski definition) is 4. The molecule has 0 aromatic heterocycles. The first kappa shape index (κ1) is 14.1. The number of nitrogens with zero attached hydrogens (tertiary/aromatic N) is 2. The van der Waals surface area contributed by atoms with Crippen LogP contribution in [0, 0.1) is 0 Å². The minimum atomic E-state index is -0.111. The van der Waals surface area contributed by atoms with Gasteiger partial charge in [-0.05, 0) is 24.3 Å². The summed E-state index contributed by atoms with van der Waals surface area (Å²) in [5.74, 6) is 4.95. The molecule has 1 amide bonds. The summed E-state index contributed by atoms with van der Waals surface area (Å²) in [6.07, 6.45) is 0.456. The molecule has 0 unspecified atom stereocenters. The van der Waals surface area contributed by atoms with Gasteiger partial charge in [-0.1, -0.05) is 11.6 Å². The number of nitrogens with one attached hydrogen (secondary N) is 1. The van der Waals surface area contributed by atoms with E-state index in [0.717, 1.165) is 37.7 Å². The van der Waals surface area contributed by atoms with Gasteiger partial charge in [0.15, 0.2) is 0 Å². The molecule has 1 aromatic carbocycles. The lowest BCUT2D eigenvalue weighted by atomic mass is 10.2. The van der Waals surface area contributed by atoms with Crippen LogP contribution < -0.4 is 16.2 Å². The van der Waals surface area contributed by atoms with Gasteiger partial charge in [-0.2, -0.15) is 0 Å². The fourth-order valence-electron chi connectivity index (χ4n) is 2.21. The zero-order valence-corrected chi connectivity index (χ0v) is 11.6. The maximum atomic E-state index is 11.1. The van der Waals surface area contributed by atoms with E-state index in [1.54, 1.807) is 0 Å². The van der Waals surface area contributed by atoms with Crippen molar-refractivity contribution in [2.45, 2.75) is 6.42 Å². The summed E-state index contributed by atoms with van der Waals surface area (Å²) in [6.45, 7) is 4.61. The first-order chi connectivity index (χ1) is 9.19. The van der Waals surface area contributed by atoms with Crippen molar-refractivity contribution in [3.63, 3.8) is 0 Å². The molecule has 5 nitrogen and oxygen atoms in total.